The summed E-state index contributed by atoms with van der Waals surface area (Å²) in [6.07, 6.45) is 0. The van der Waals surface area contributed by atoms with Crippen LogP contribution >= 0.6 is 50.9 Å². The second-order valence-corrected chi connectivity index (χ2v) is 10.2. The Hall–Kier alpha value is -2.07. The normalized spacial score (nSPS) is 12.0. The topological polar surface area (TPSA) is 88.9 Å². The monoisotopic (exact) mass is 569 g/mol. The molecule has 1 aromatic heterocycles. The number of carbonyl (C=O) groups excluding carboxylic acids is 2. The molecule has 11 heteroatoms. The molecule has 1 heterocycles. The highest BCUT2D eigenvalue weighted by atomic mass is 79.9. The van der Waals surface area contributed by atoms with Crippen molar-refractivity contribution in [1.82, 2.24) is 20.1 Å². The number of hydrogen-bond acceptors (Lipinski definition) is 5. The quantitative estimate of drug-likeness (QED) is 0.337. The fourth-order valence-electron chi connectivity index (χ4n) is 2.98. The Balaban J connectivity index is 1.65. The molecule has 2 aromatic carbocycles. The Morgan fingerprint density at radius 2 is 1.82 bits per heavy atom. The van der Waals surface area contributed by atoms with Crippen molar-refractivity contribution in [3.8, 4) is 0 Å². The third-order valence-electron chi connectivity index (χ3n) is 4.74. The summed E-state index contributed by atoms with van der Waals surface area (Å²) in [5.74, 6) is 0.389. The number of amides is 2. The Morgan fingerprint density at radius 3 is 2.45 bits per heavy atom. The number of anilines is 1. The van der Waals surface area contributed by atoms with Crippen LogP contribution in [0, 0.1) is 5.92 Å². The molecule has 7 nitrogen and oxygen atoms in total. The van der Waals surface area contributed by atoms with Crippen molar-refractivity contribution >= 4 is 68.4 Å². The summed E-state index contributed by atoms with van der Waals surface area (Å²) < 4.78 is 2.55. The molecule has 0 saturated heterocycles. The number of hydrogen-bond donors (Lipinski definition) is 2. The summed E-state index contributed by atoms with van der Waals surface area (Å²) in [7, 11) is 1.81. The molecule has 33 heavy (non-hydrogen) atoms. The third kappa shape index (κ3) is 6.72. The number of halogens is 3. The van der Waals surface area contributed by atoms with Crippen LogP contribution in [0.15, 0.2) is 52.1 Å². The predicted molar refractivity (Wildman–Crippen MR) is 136 cm³/mol. The molecular formula is C22H22BrCl2N5O2S. The molecule has 3 rings (SSSR count). The van der Waals surface area contributed by atoms with Gasteiger partial charge in [0.15, 0.2) is 11.0 Å². The zero-order valence-corrected chi connectivity index (χ0v) is 22.0. The SMILES string of the molecule is CC(C)[C@H](NC(=O)c1ccc(Cl)cc1)c1nnc(SCC(=O)Nc2ccc(Br)c(Cl)c2)n1C. The van der Waals surface area contributed by atoms with Gasteiger partial charge in [0.1, 0.15) is 0 Å². The number of nitrogens with zero attached hydrogens (tertiary/aromatic N) is 3. The molecule has 0 saturated carbocycles. The zero-order chi connectivity index (χ0) is 24.1. The first-order chi connectivity index (χ1) is 15.7. The van der Waals surface area contributed by atoms with Gasteiger partial charge < -0.3 is 15.2 Å². The number of carbonyl (C=O) groups is 2. The van der Waals surface area contributed by atoms with Crippen LogP contribution in [0.3, 0.4) is 0 Å². The lowest BCUT2D eigenvalue weighted by Gasteiger charge is -2.21. The molecule has 2 amide bonds. The number of aromatic nitrogens is 3. The number of thioether (sulfide) groups is 1. The molecule has 0 bridgehead atoms. The van der Waals surface area contributed by atoms with Crippen molar-refractivity contribution in [3.05, 3.63) is 68.4 Å². The van der Waals surface area contributed by atoms with E-state index in [1.165, 1.54) is 11.8 Å². The van der Waals surface area contributed by atoms with Crippen LogP contribution in [-0.2, 0) is 11.8 Å². The molecule has 3 aromatic rings. The van der Waals surface area contributed by atoms with Crippen LogP contribution in [0.5, 0.6) is 0 Å². The molecule has 0 fully saturated rings. The minimum Gasteiger partial charge on any atom is -0.342 e. The standard InChI is InChI=1S/C22H22BrCl2N5O2S/c1-12(2)19(27-21(32)13-4-6-14(24)7-5-13)20-28-29-22(30(20)3)33-11-18(31)26-15-8-9-16(23)17(25)10-15/h4-10,12,19H,11H2,1-3H3,(H,26,31)(H,27,32)/t19-/m0/s1. The zero-order valence-electron chi connectivity index (χ0n) is 18.1. The van der Waals surface area contributed by atoms with Crippen LogP contribution in [-0.4, -0.2) is 32.3 Å². The first-order valence-corrected chi connectivity index (χ1v) is 12.5. The second kappa shape index (κ2) is 11.4. The van der Waals surface area contributed by atoms with Crippen LogP contribution in [0.4, 0.5) is 5.69 Å². The fraction of sp³-hybridized carbons (Fsp3) is 0.273. The van der Waals surface area contributed by atoms with Crippen LogP contribution in [0.1, 0.15) is 36.1 Å². The summed E-state index contributed by atoms with van der Waals surface area (Å²) in [6.45, 7) is 3.98. The van der Waals surface area contributed by atoms with E-state index in [9.17, 15) is 9.59 Å². The fourth-order valence-corrected chi connectivity index (χ4v) is 4.25. The van der Waals surface area contributed by atoms with Gasteiger partial charge in [0, 0.05) is 27.8 Å². The van der Waals surface area contributed by atoms with Gasteiger partial charge in [0.2, 0.25) is 5.91 Å². The van der Waals surface area contributed by atoms with Crippen molar-refractivity contribution in [2.24, 2.45) is 13.0 Å². The van der Waals surface area contributed by atoms with E-state index in [2.05, 4.69) is 36.8 Å². The van der Waals surface area contributed by atoms with E-state index >= 15 is 0 Å². The van der Waals surface area contributed by atoms with Crippen molar-refractivity contribution in [2.45, 2.75) is 25.0 Å². The highest BCUT2D eigenvalue weighted by molar-refractivity contribution is 9.10. The predicted octanol–water partition coefficient (Wildman–Crippen LogP) is 5.74. The van der Waals surface area contributed by atoms with Gasteiger partial charge in [-0.05, 0) is 64.3 Å². The Kier molecular flexibility index (Phi) is 8.81. The van der Waals surface area contributed by atoms with Crippen LogP contribution < -0.4 is 10.6 Å². The third-order valence-corrected chi connectivity index (χ3v) is 7.25. The largest absolute Gasteiger partial charge is 0.342 e. The average Bonchev–Trinajstić information content (AvgIpc) is 3.13. The molecule has 0 aliphatic carbocycles. The molecule has 0 unspecified atom stereocenters. The maximum atomic E-state index is 12.7. The van der Waals surface area contributed by atoms with Crippen LogP contribution in [0.2, 0.25) is 10.0 Å². The summed E-state index contributed by atoms with van der Waals surface area (Å²) in [5.41, 5.74) is 1.11. The van der Waals surface area contributed by atoms with Crippen molar-refractivity contribution in [2.75, 3.05) is 11.1 Å². The van der Waals surface area contributed by atoms with Crippen LogP contribution in [0.25, 0.3) is 0 Å². The summed E-state index contributed by atoms with van der Waals surface area (Å²) in [5, 5.41) is 16.0. The van der Waals surface area contributed by atoms with Gasteiger partial charge in [0.25, 0.3) is 5.91 Å². The lowest BCUT2D eigenvalue weighted by atomic mass is 10.0. The molecule has 0 spiro atoms. The van der Waals surface area contributed by atoms with Crippen molar-refractivity contribution < 1.29 is 9.59 Å². The number of nitrogens with one attached hydrogen (secondary N) is 2. The molecule has 0 radical (unpaired) electrons. The van der Waals surface area contributed by atoms with Gasteiger partial charge in [-0.2, -0.15) is 0 Å². The molecule has 1 atom stereocenters. The average molecular weight is 571 g/mol. The number of rotatable bonds is 8. The van der Waals surface area contributed by atoms with E-state index in [1.807, 2.05) is 20.9 Å². The Labute approximate surface area is 214 Å². The van der Waals surface area contributed by atoms with Gasteiger partial charge in [-0.3, -0.25) is 9.59 Å². The van der Waals surface area contributed by atoms with Crippen molar-refractivity contribution in [3.63, 3.8) is 0 Å². The van der Waals surface area contributed by atoms with Gasteiger partial charge in [0.05, 0.1) is 16.8 Å². The second-order valence-electron chi connectivity index (χ2n) is 7.57. The lowest BCUT2D eigenvalue weighted by molar-refractivity contribution is -0.113. The van der Waals surface area contributed by atoms with E-state index < -0.39 is 0 Å². The Morgan fingerprint density at radius 1 is 1.12 bits per heavy atom. The lowest BCUT2D eigenvalue weighted by Crippen LogP contribution is -2.33. The summed E-state index contributed by atoms with van der Waals surface area (Å²) >= 11 is 16.6. The van der Waals surface area contributed by atoms with E-state index in [-0.39, 0.29) is 29.5 Å². The molecule has 174 valence electrons. The van der Waals surface area contributed by atoms with Gasteiger partial charge in [-0.25, -0.2) is 0 Å². The first-order valence-electron chi connectivity index (χ1n) is 9.99. The van der Waals surface area contributed by atoms with E-state index in [0.29, 0.717) is 32.3 Å². The van der Waals surface area contributed by atoms with E-state index in [1.54, 1.807) is 47.0 Å². The highest BCUT2D eigenvalue weighted by Gasteiger charge is 2.25. The maximum Gasteiger partial charge on any atom is 0.251 e. The first kappa shape index (κ1) is 25.6. The Bertz CT molecular complexity index is 1150. The maximum absolute atomic E-state index is 12.7. The summed E-state index contributed by atoms with van der Waals surface area (Å²) in [4.78, 5) is 25.1. The molecular weight excluding hydrogens is 549 g/mol. The van der Waals surface area contributed by atoms with Gasteiger partial charge >= 0.3 is 0 Å². The molecule has 2 N–H and O–H groups in total. The van der Waals surface area contributed by atoms with Gasteiger partial charge in [-0.1, -0.05) is 48.8 Å². The molecule has 0 aliphatic rings. The minimum atomic E-state index is -0.362. The van der Waals surface area contributed by atoms with Gasteiger partial charge in [-0.15, -0.1) is 10.2 Å². The highest BCUT2D eigenvalue weighted by Crippen LogP contribution is 2.27. The smallest absolute Gasteiger partial charge is 0.251 e. The van der Waals surface area contributed by atoms with E-state index in [4.69, 9.17) is 23.2 Å². The van der Waals surface area contributed by atoms with Crippen molar-refractivity contribution in [1.29, 1.82) is 0 Å². The van der Waals surface area contributed by atoms with E-state index in [0.717, 1.165) is 4.47 Å². The molecule has 0 aliphatic heterocycles. The number of benzene rings is 2. The summed E-state index contributed by atoms with van der Waals surface area (Å²) in [6, 6.07) is 11.5. The minimum absolute atomic E-state index is 0.0625.